The minimum atomic E-state index is -0.237. The van der Waals surface area contributed by atoms with Crippen LogP contribution in [0.15, 0.2) is 66.9 Å². The maximum absolute atomic E-state index is 11.9. The summed E-state index contributed by atoms with van der Waals surface area (Å²) in [6.45, 7) is 0.613. The molecule has 0 spiro atoms. The van der Waals surface area contributed by atoms with E-state index in [1.165, 1.54) is 0 Å². The van der Waals surface area contributed by atoms with Gasteiger partial charge in [-0.15, -0.1) is 0 Å². The monoisotopic (exact) mass is 433 g/mol. The van der Waals surface area contributed by atoms with E-state index < -0.39 is 0 Å². The van der Waals surface area contributed by atoms with Crippen molar-refractivity contribution in [3.05, 3.63) is 76.0 Å². The van der Waals surface area contributed by atoms with Crippen molar-refractivity contribution in [1.82, 2.24) is 9.78 Å². The van der Waals surface area contributed by atoms with Crippen LogP contribution in [0, 0.1) is 3.57 Å². The Hall–Kier alpha value is -2.35. The summed E-state index contributed by atoms with van der Waals surface area (Å²) in [5.74, 6) is 0.945. The lowest BCUT2D eigenvalue weighted by molar-refractivity contribution is -0.118. The normalized spacial score (nSPS) is 10.4. The number of nitrogens with zero attached hydrogens (tertiary/aromatic N) is 2. The van der Waals surface area contributed by atoms with Crippen LogP contribution in [0.3, 0.4) is 0 Å². The van der Waals surface area contributed by atoms with E-state index >= 15 is 0 Å². The molecule has 0 saturated carbocycles. The Morgan fingerprint density at radius 1 is 1.08 bits per heavy atom. The average Bonchev–Trinajstić information content (AvgIpc) is 3.02. The molecule has 0 radical (unpaired) electrons. The molecule has 0 aliphatic carbocycles. The highest BCUT2D eigenvalue weighted by Crippen LogP contribution is 2.13. The number of ether oxygens (including phenoxy) is 1. The molecular weight excluding hydrogens is 417 g/mol. The van der Waals surface area contributed by atoms with E-state index in [1.54, 1.807) is 10.7 Å². The van der Waals surface area contributed by atoms with Gasteiger partial charge in [-0.2, -0.15) is 5.10 Å². The molecule has 0 aliphatic heterocycles. The quantitative estimate of drug-likeness (QED) is 0.605. The van der Waals surface area contributed by atoms with Gasteiger partial charge in [0.15, 0.2) is 12.4 Å². The molecule has 122 valence electrons. The summed E-state index contributed by atoms with van der Waals surface area (Å²) in [4.78, 5) is 11.9. The topological polar surface area (TPSA) is 56.1 Å². The zero-order chi connectivity index (χ0) is 16.8. The third-order valence-corrected chi connectivity index (χ3v) is 4.00. The molecule has 1 aromatic heterocycles. The van der Waals surface area contributed by atoms with Gasteiger partial charge in [-0.05, 0) is 52.4 Å². The first kappa shape index (κ1) is 16.5. The number of anilines is 1. The van der Waals surface area contributed by atoms with E-state index in [2.05, 4.69) is 33.0 Å². The van der Waals surface area contributed by atoms with Crippen LogP contribution in [0.5, 0.6) is 5.75 Å². The Kier molecular flexibility index (Phi) is 5.47. The number of aromatic nitrogens is 2. The van der Waals surface area contributed by atoms with Crippen LogP contribution >= 0.6 is 22.6 Å². The van der Waals surface area contributed by atoms with Crippen LogP contribution in [-0.2, 0) is 11.3 Å². The van der Waals surface area contributed by atoms with Crippen molar-refractivity contribution in [3.8, 4) is 5.75 Å². The van der Waals surface area contributed by atoms with Crippen molar-refractivity contribution < 1.29 is 9.53 Å². The number of hydrogen-bond donors (Lipinski definition) is 1. The largest absolute Gasteiger partial charge is 0.484 e. The number of hydrogen-bond acceptors (Lipinski definition) is 3. The van der Waals surface area contributed by atoms with Crippen LogP contribution in [0.2, 0.25) is 0 Å². The highest BCUT2D eigenvalue weighted by Gasteiger charge is 2.06. The molecule has 1 heterocycles. The highest BCUT2D eigenvalue weighted by molar-refractivity contribution is 14.1. The average molecular weight is 433 g/mol. The number of halogens is 1. The van der Waals surface area contributed by atoms with Gasteiger partial charge in [0.2, 0.25) is 0 Å². The molecule has 0 unspecified atom stereocenters. The SMILES string of the molecule is O=C(COc1ccc(I)cc1)Nc1ccn(Cc2ccccc2)n1. The Labute approximate surface area is 153 Å². The van der Waals surface area contributed by atoms with E-state index in [-0.39, 0.29) is 12.5 Å². The van der Waals surface area contributed by atoms with Gasteiger partial charge in [0.25, 0.3) is 5.91 Å². The summed E-state index contributed by atoms with van der Waals surface area (Å²) in [6.07, 6.45) is 1.84. The summed E-state index contributed by atoms with van der Waals surface area (Å²) < 4.78 is 8.35. The van der Waals surface area contributed by atoms with Crippen LogP contribution in [0.25, 0.3) is 0 Å². The minimum absolute atomic E-state index is 0.0495. The first-order valence-corrected chi connectivity index (χ1v) is 8.52. The molecule has 6 heteroatoms. The zero-order valence-corrected chi connectivity index (χ0v) is 15.0. The van der Waals surface area contributed by atoms with Gasteiger partial charge in [0, 0.05) is 15.8 Å². The second-order valence-corrected chi connectivity index (χ2v) is 6.42. The van der Waals surface area contributed by atoms with Gasteiger partial charge in [-0.3, -0.25) is 9.48 Å². The third kappa shape index (κ3) is 4.82. The van der Waals surface area contributed by atoms with E-state index in [0.717, 1.165) is 9.13 Å². The fraction of sp³-hybridized carbons (Fsp3) is 0.111. The van der Waals surface area contributed by atoms with Gasteiger partial charge >= 0.3 is 0 Å². The smallest absolute Gasteiger partial charge is 0.263 e. The van der Waals surface area contributed by atoms with Gasteiger partial charge in [-0.25, -0.2) is 0 Å². The third-order valence-electron chi connectivity index (χ3n) is 3.28. The molecule has 1 N–H and O–H groups in total. The van der Waals surface area contributed by atoms with Crippen molar-refractivity contribution >= 4 is 34.3 Å². The molecule has 0 bridgehead atoms. The van der Waals surface area contributed by atoms with E-state index in [0.29, 0.717) is 18.1 Å². The second kappa shape index (κ2) is 7.96. The second-order valence-electron chi connectivity index (χ2n) is 5.17. The van der Waals surface area contributed by atoms with Crippen LogP contribution in [0.4, 0.5) is 5.82 Å². The first-order chi connectivity index (χ1) is 11.7. The maximum atomic E-state index is 11.9. The lowest BCUT2D eigenvalue weighted by Crippen LogP contribution is -2.20. The Balaban J connectivity index is 1.50. The fourth-order valence-electron chi connectivity index (χ4n) is 2.15. The molecule has 2 aromatic carbocycles. The predicted molar refractivity (Wildman–Crippen MR) is 101 cm³/mol. The minimum Gasteiger partial charge on any atom is -0.484 e. The lowest BCUT2D eigenvalue weighted by Gasteiger charge is -2.06. The lowest BCUT2D eigenvalue weighted by atomic mass is 10.2. The zero-order valence-electron chi connectivity index (χ0n) is 12.9. The summed E-state index contributed by atoms with van der Waals surface area (Å²) in [7, 11) is 0. The molecule has 0 saturated heterocycles. The standard InChI is InChI=1S/C18H16IN3O2/c19-15-6-8-16(9-7-15)24-13-18(23)20-17-10-11-22(21-17)12-14-4-2-1-3-5-14/h1-11H,12-13H2,(H,20,21,23). The van der Waals surface area contributed by atoms with Gasteiger partial charge < -0.3 is 10.1 Å². The van der Waals surface area contributed by atoms with E-state index in [4.69, 9.17) is 4.74 Å². The van der Waals surface area contributed by atoms with Crippen molar-refractivity contribution in [2.24, 2.45) is 0 Å². The number of amides is 1. The summed E-state index contributed by atoms with van der Waals surface area (Å²) in [5.41, 5.74) is 1.15. The van der Waals surface area contributed by atoms with Crippen LogP contribution in [-0.4, -0.2) is 22.3 Å². The van der Waals surface area contributed by atoms with Gasteiger partial charge in [0.1, 0.15) is 5.75 Å². The maximum Gasteiger partial charge on any atom is 0.263 e. The van der Waals surface area contributed by atoms with Crippen molar-refractivity contribution in [2.75, 3.05) is 11.9 Å². The van der Waals surface area contributed by atoms with Crippen molar-refractivity contribution in [3.63, 3.8) is 0 Å². The van der Waals surface area contributed by atoms with Gasteiger partial charge in [-0.1, -0.05) is 30.3 Å². The summed E-state index contributed by atoms with van der Waals surface area (Å²) >= 11 is 2.22. The Morgan fingerprint density at radius 2 is 1.83 bits per heavy atom. The van der Waals surface area contributed by atoms with Crippen molar-refractivity contribution in [2.45, 2.75) is 6.54 Å². The first-order valence-electron chi connectivity index (χ1n) is 7.45. The number of rotatable bonds is 6. The molecule has 24 heavy (non-hydrogen) atoms. The number of benzene rings is 2. The molecule has 3 rings (SSSR count). The predicted octanol–water partition coefficient (Wildman–Crippen LogP) is 3.55. The Bertz CT molecular complexity index is 801. The number of carbonyl (C=O) groups is 1. The molecule has 0 atom stereocenters. The molecule has 3 aromatic rings. The molecule has 0 fully saturated rings. The number of nitrogens with one attached hydrogen (secondary N) is 1. The fourth-order valence-corrected chi connectivity index (χ4v) is 2.51. The van der Waals surface area contributed by atoms with Crippen molar-refractivity contribution in [1.29, 1.82) is 0 Å². The highest BCUT2D eigenvalue weighted by atomic mass is 127. The molecular formula is C18H16IN3O2. The van der Waals surface area contributed by atoms with E-state index in [1.807, 2.05) is 60.8 Å². The Morgan fingerprint density at radius 3 is 2.58 bits per heavy atom. The molecule has 0 aliphatic rings. The van der Waals surface area contributed by atoms with Crippen LogP contribution in [0.1, 0.15) is 5.56 Å². The summed E-state index contributed by atoms with van der Waals surface area (Å²) in [5, 5.41) is 7.07. The molecule has 5 nitrogen and oxygen atoms in total. The van der Waals surface area contributed by atoms with E-state index in [9.17, 15) is 4.79 Å². The van der Waals surface area contributed by atoms with Gasteiger partial charge in [0.05, 0.1) is 6.54 Å². The summed E-state index contributed by atoms with van der Waals surface area (Å²) in [6, 6.07) is 19.3. The van der Waals surface area contributed by atoms with Crippen LogP contribution < -0.4 is 10.1 Å². The molecule has 1 amide bonds. The number of carbonyl (C=O) groups excluding carboxylic acids is 1.